The average Bonchev–Trinajstić information content (AvgIpc) is 2.48. The van der Waals surface area contributed by atoms with Gasteiger partial charge in [0, 0.05) is 0 Å². The van der Waals surface area contributed by atoms with Crippen molar-refractivity contribution < 1.29 is 9.53 Å². The fourth-order valence-electron chi connectivity index (χ4n) is 2.22. The Kier molecular flexibility index (Phi) is 5.30. The van der Waals surface area contributed by atoms with Gasteiger partial charge in [-0.1, -0.05) is 52.8 Å². The average molecular weight is 375 g/mol. The van der Waals surface area contributed by atoms with Crippen molar-refractivity contribution >= 4 is 21.9 Å². The van der Waals surface area contributed by atoms with Gasteiger partial charge in [0.1, 0.15) is 5.75 Å². The zero-order valence-corrected chi connectivity index (χ0v) is 15.9. The number of halogens is 1. The highest BCUT2D eigenvalue weighted by atomic mass is 79.9. The van der Waals surface area contributed by atoms with Crippen molar-refractivity contribution in [2.75, 3.05) is 0 Å². The molecule has 3 heteroatoms. The van der Waals surface area contributed by atoms with Gasteiger partial charge in [-0.15, -0.1) is 0 Å². The summed E-state index contributed by atoms with van der Waals surface area (Å²) in [6.45, 7) is 10.7. The van der Waals surface area contributed by atoms with Gasteiger partial charge in [-0.05, 0) is 62.7 Å². The second-order valence-corrected chi connectivity index (χ2v) is 7.92. The molecule has 2 rings (SSSR count). The molecule has 0 atom stereocenters. The second kappa shape index (κ2) is 6.88. The number of carbonyl (C=O) groups is 1. The molecule has 0 spiro atoms. The lowest BCUT2D eigenvalue weighted by Crippen LogP contribution is -2.13. The third-order valence-electron chi connectivity index (χ3n) is 3.81. The number of rotatable bonds is 3. The molecular weight excluding hydrogens is 352 g/mol. The maximum absolute atomic E-state index is 12.3. The molecule has 2 aromatic rings. The normalized spacial score (nSPS) is 11.6. The number of hydrogen-bond acceptors (Lipinski definition) is 2. The molecule has 0 aliphatic carbocycles. The zero-order valence-electron chi connectivity index (χ0n) is 14.3. The van der Waals surface area contributed by atoms with Crippen LogP contribution in [0.15, 0.2) is 46.9 Å². The topological polar surface area (TPSA) is 26.3 Å². The molecule has 0 bridgehead atoms. The molecule has 0 N–H and O–H groups in total. The minimum Gasteiger partial charge on any atom is -0.422 e. The summed E-state index contributed by atoms with van der Waals surface area (Å²) in [4.78, 5) is 12.3. The third-order valence-corrected chi connectivity index (χ3v) is 4.43. The van der Waals surface area contributed by atoms with Crippen molar-refractivity contribution in [2.24, 2.45) is 0 Å². The van der Waals surface area contributed by atoms with Gasteiger partial charge in [-0.2, -0.15) is 0 Å². The maximum Gasteiger partial charge on any atom is 0.343 e. The molecule has 0 saturated carbocycles. The summed E-state index contributed by atoms with van der Waals surface area (Å²) in [5, 5.41) is 0. The second-order valence-electron chi connectivity index (χ2n) is 7.06. The third kappa shape index (κ3) is 4.44. The van der Waals surface area contributed by atoms with Gasteiger partial charge in [0.25, 0.3) is 0 Å². The van der Waals surface area contributed by atoms with Gasteiger partial charge in [0.2, 0.25) is 0 Å². The lowest BCUT2D eigenvalue weighted by molar-refractivity contribution is 0.0733. The van der Waals surface area contributed by atoms with Crippen molar-refractivity contribution in [3.63, 3.8) is 0 Å². The van der Waals surface area contributed by atoms with Crippen LogP contribution >= 0.6 is 15.9 Å². The van der Waals surface area contributed by atoms with E-state index in [9.17, 15) is 4.79 Å². The number of hydrogen-bond donors (Lipinski definition) is 0. The smallest absolute Gasteiger partial charge is 0.343 e. The van der Waals surface area contributed by atoms with E-state index in [0.717, 1.165) is 4.47 Å². The van der Waals surface area contributed by atoms with E-state index < -0.39 is 0 Å². The first-order valence-electron chi connectivity index (χ1n) is 7.80. The largest absolute Gasteiger partial charge is 0.422 e. The Morgan fingerprint density at radius 2 is 1.65 bits per heavy atom. The summed E-state index contributed by atoms with van der Waals surface area (Å²) in [5.74, 6) is 0.628. The molecule has 0 amide bonds. The standard InChI is InChI=1S/C20H23BrO2/c1-13(2)15-8-11-18(17(21)12-15)23-19(22)14-6-9-16(10-7-14)20(3,4)5/h6-13H,1-5H3. The molecule has 0 aliphatic rings. The predicted molar refractivity (Wildman–Crippen MR) is 98.3 cm³/mol. The summed E-state index contributed by atoms with van der Waals surface area (Å²) in [6, 6.07) is 13.4. The Hall–Kier alpha value is -1.61. The van der Waals surface area contributed by atoms with Crippen molar-refractivity contribution in [1.82, 2.24) is 0 Å². The minimum atomic E-state index is -0.344. The van der Waals surface area contributed by atoms with Crippen molar-refractivity contribution in [3.05, 3.63) is 63.6 Å². The molecule has 0 aliphatic heterocycles. The monoisotopic (exact) mass is 374 g/mol. The summed E-state index contributed by atoms with van der Waals surface area (Å²) in [5.41, 5.74) is 3.01. The quantitative estimate of drug-likeness (QED) is 0.479. The van der Waals surface area contributed by atoms with E-state index in [2.05, 4.69) is 50.5 Å². The number of benzene rings is 2. The van der Waals surface area contributed by atoms with E-state index in [1.807, 2.05) is 42.5 Å². The highest BCUT2D eigenvalue weighted by molar-refractivity contribution is 9.10. The van der Waals surface area contributed by atoms with Gasteiger partial charge in [-0.25, -0.2) is 4.79 Å². The van der Waals surface area contributed by atoms with Crippen LogP contribution in [0.25, 0.3) is 0 Å². The number of ether oxygens (including phenoxy) is 1. The molecule has 0 fully saturated rings. The zero-order chi connectivity index (χ0) is 17.2. The van der Waals surface area contributed by atoms with E-state index in [0.29, 0.717) is 17.2 Å². The minimum absolute atomic E-state index is 0.0676. The molecule has 2 nitrogen and oxygen atoms in total. The Morgan fingerprint density at radius 3 is 2.13 bits per heavy atom. The van der Waals surface area contributed by atoms with Crippen molar-refractivity contribution in [3.8, 4) is 5.75 Å². The molecule has 2 aromatic carbocycles. The van der Waals surface area contributed by atoms with Gasteiger partial charge >= 0.3 is 5.97 Å². The molecule has 23 heavy (non-hydrogen) atoms. The van der Waals surface area contributed by atoms with Crippen LogP contribution in [0, 0.1) is 0 Å². The Morgan fingerprint density at radius 1 is 1.04 bits per heavy atom. The van der Waals surface area contributed by atoms with Crippen LogP contribution in [-0.4, -0.2) is 5.97 Å². The summed E-state index contributed by atoms with van der Waals surface area (Å²) < 4.78 is 6.30. The van der Waals surface area contributed by atoms with Crippen molar-refractivity contribution in [1.29, 1.82) is 0 Å². The number of esters is 1. The SMILES string of the molecule is CC(C)c1ccc(OC(=O)c2ccc(C(C)(C)C)cc2)c(Br)c1. The number of carbonyl (C=O) groups excluding carboxylic acids is 1. The fraction of sp³-hybridized carbons (Fsp3) is 0.350. The van der Waals surface area contributed by atoms with Crippen LogP contribution in [0.2, 0.25) is 0 Å². The predicted octanol–water partition coefficient (Wildman–Crippen LogP) is 6.09. The summed E-state index contributed by atoms with van der Waals surface area (Å²) >= 11 is 3.48. The van der Waals surface area contributed by atoms with Crippen molar-refractivity contribution in [2.45, 2.75) is 46.0 Å². The maximum atomic E-state index is 12.3. The van der Waals surface area contributed by atoms with E-state index in [-0.39, 0.29) is 11.4 Å². The van der Waals surface area contributed by atoms with Crippen LogP contribution in [0.1, 0.15) is 62.0 Å². The van der Waals surface area contributed by atoms with Gasteiger partial charge in [0.05, 0.1) is 10.0 Å². The van der Waals surface area contributed by atoms with Crippen LogP contribution in [0.5, 0.6) is 5.75 Å². The van der Waals surface area contributed by atoms with Crippen LogP contribution in [0.4, 0.5) is 0 Å². The van der Waals surface area contributed by atoms with E-state index >= 15 is 0 Å². The Labute approximate surface area is 147 Å². The summed E-state index contributed by atoms with van der Waals surface area (Å²) in [6.07, 6.45) is 0. The van der Waals surface area contributed by atoms with Crippen LogP contribution in [0.3, 0.4) is 0 Å². The molecule has 0 heterocycles. The van der Waals surface area contributed by atoms with Gasteiger partial charge in [-0.3, -0.25) is 0 Å². The Balaban J connectivity index is 2.16. The van der Waals surface area contributed by atoms with E-state index in [1.165, 1.54) is 11.1 Å². The molecule has 0 aromatic heterocycles. The molecule has 0 unspecified atom stereocenters. The lowest BCUT2D eigenvalue weighted by atomic mass is 9.87. The first-order valence-corrected chi connectivity index (χ1v) is 8.60. The fourth-order valence-corrected chi connectivity index (χ4v) is 2.70. The summed E-state index contributed by atoms with van der Waals surface area (Å²) in [7, 11) is 0. The molecule has 0 radical (unpaired) electrons. The van der Waals surface area contributed by atoms with Crippen LogP contribution < -0.4 is 4.74 Å². The first kappa shape index (κ1) is 17.7. The Bertz CT molecular complexity index is 695. The molecule has 0 saturated heterocycles. The van der Waals surface area contributed by atoms with E-state index in [1.54, 1.807) is 0 Å². The lowest BCUT2D eigenvalue weighted by Gasteiger charge is -2.19. The highest BCUT2D eigenvalue weighted by Gasteiger charge is 2.16. The van der Waals surface area contributed by atoms with Gasteiger partial charge in [0.15, 0.2) is 0 Å². The molecule has 122 valence electrons. The molecular formula is C20H23BrO2. The highest BCUT2D eigenvalue weighted by Crippen LogP contribution is 2.30. The first-order chi connectivity index (χ1) is 10.7. The van der Waals surface area contributed by atoms with E-state index in [4.69, 9.17) is 4.74 Å². The van der Waals surface area contributed by atoms with Gasteiger partial charge < -0.3 is 4.74 Å². The van der Waals surface area contributed by atoms with Crippen LogP contribution in [-0.2, 0) is 5.41 Å².